The summed E-state index contributed by atoms with van der Waals surface area (Å²) in [7, 11) is 0. The summed E-state index contributed by atoms with van der Waals surface area (Å²) in [6.07, 6.45) is 3.32. The molecule has 2 aliphatic heterocycles. The number of benzene rings is 2. The molecule has 3 N–H and O–H groups in total. The van der Waals surface area contributed by atoms with Crippen molar-refractivity contribution in [1.82, 2.24) is 20.6 Å². The summed E-state index contributed by atoms with van der Waals surface area (Å²) in [4.78, 5) is 9.56. The average Bonchev–Trinajstić information content (AvgIpc) is 2.74. The third-order valence-corrected chi connectivity index (χ3v) is 6.01. The number of fused-ring (bicyclic) bond motifs is 2. The van der Waals surface area contributed by atoms with Crippen molar-refractivity contribution in [2.75, 3.05) is 25.0 Å². The quantitative estimate of drug-likeness (QED) is 0.657. The van der Waals surface area contributed by atoms with E-state index < -0.39 is 0 Å². The highest BCUT2D eigenvalue weighted by atomic mass is 15.1. The van der Waals surface area contributed by atoms with Crippen molar-refractivity contribution in [3.63, 3.8) is 0 Å². The fourth-order valence-corrected chi connectivity index (χ4v) is 4.46. The fourth-order valence-electron chi connectivity index (χ4n) is 4.46. The Balaban J connectivity index is 1.50. The molecule has 3 heterocycles. The van der Waals surface area contributed by atoms with Gasteiger partial charge in [-0.25, -0.2) is 9.97 Å². The van der Waals surface area contributed by atoms with Crippen LogP contribution in [0.25, 0.3) is 22.0 Å². The Kier molecular flexibility index (Phi) is 4.71. The Bertz CT molecular complexity index is 1010. The standard InChI is InChI=1S/C23H27N5/c1-15-21-13-16(19-4-2-3-17-14-25-12-9-20(17)19)5-6-22(21)28-23(26-15)27-18-7-10-24-11-8-18/h2-6,13,18,24-25H,7-12,14H2,1H3,(H,26,27,28). The molecule has 2 aliphatic rings. The first-order valence-corrected chi connectivity index (χ1v) is 10.4. The summed E-state index contributed by atoms with van der Waals surface area (Å²) in [5, 5.41) is 11.5. The van der Waals surface area contributed by atoms with Crippen molar-refractivity contribution in [1.29, 1.82) is 0 Å². The summed E-state index contributed by atoms with van der Waals surface area (Å²) in [6.45, 7) is 6.22. The van der Waals surface area contributed by atoms with Crippen molar-refractivity contribution in [2.24, 2.45) is 0 Å². The lowest BCUT2D eigenvalue weighted by atomic mass is 9.91. The van der Waals surface area contributed by atoms with Gasteiger partial charge in [0.2, 0.25) is 5.95 Å². The molecule has 28 heavy (non-hydrogen) atoms. The summed E-state index contributed by atoms with van der Waals surface area (Å²) >= 11 is 0. The van der Waals surface area contributed by atoms with Crippen LogP contribution in [-0.4, -0.2) is 35.6 Å². The van der Waals surface area contributed by atoms with Crippen LogP contribution in [0.5, 0.6) is 0 Å². The molecule has 144 valence electrons. The predicted molar refractivity (Wildman–Crippen MR) is 115 cm³/mol. The van der Waals surface area contributed by atoms with Crippen molar-refractivity contribution in [2.45, 2.75) is 38.8 Å². The number of anilines is 1. The van der Waals surface area contributed by atoms with Crippen LogP contribution in [0.2, 0.25) is 0 Å². The molecule has 2 aromatic carbocycles. The molecular weight excluding hydrogens is 346 g/mol. The monoisotopic (exact) mass is 373 g/mol. The first kappa shape index (κ1) is 17.6. The maximum Gasteiger partial charge on any atom is 0.223 e. The summed E-state index contributed by atoms with van der Waals surface area (Å²) in [5.41, 5.74) is 7.55. The maximum atomic E-state index is 4.80. The molecule has 1 fully saturated rings. The molecule has 5 heteroatoms. The van der Waals surface area contributed by atoms with Gasteiger partial charge in [-0.3, -0.25) is 0 Å². The highest BCUT2D eigenvalue weighted by molar-refractivity contribution is 5.87. The van der Waals surface area contributed by atoms with Gasteiger partial charge in [0.15, 0.2) is 0 Å². The lowest BCUT2D eigenvalue weighted by Gasteiger charge is -2.24. The van der Waals surface area contributed by atoms with Crippen molar-refractivity contribution in [3.05, 3.63) is 53.2 Å². The van der Waals surface area contributed by atoms with Crippen LogP contribution in [0.4, 0.5) is 5.95 Å². The molecule has 0 spiro atoms. The Hall–Kier alpha value is -2.50. The van der Waals surface area contributed by atoms with Gasteiger partial charge in [0, 0.05) is 18.0 Å². The van der Waals surface area contributed by atoms with Crippen molar-refractivity contribution >= 4 is 16.9 Å². The minimum atomic E-state index is 0.460. The van der Waals surface area contributed by atoms with E-state index in [4.69, 9.17) is 9.97 Å². The van der Waals surface area contributed by atoms with Gasteiger partial charge in [0.1, 0.15) is 0 Å². The van der Waals surface area contributed by atoms with Crippen LogP contribution < -0.4 is 16.0 Å². The Morgan fingerprint density at radius 3 is 2.79 bits per heavy atom. The molecule has 5 nitrogen and oxygen atoms in total. The minimum absolute atomic E-state index is 0.460. The Labute approximate surface area is 166 Å². The van der Waals surface area contributed by atoms with E-state index in [2.05, 4.69) is 59.3 Å². The highest BCUT2D eigenvalue weighted by Crippen LogP contribution is 2.31. The molecule has 3 aromatic rings. The summed E-state index contributed by atoms with van der Waals surface area (Å²) < 4.78 is 0. The van der Waals surface area contributed by atoms with E-state index in [0.717, 1.165) is 68.0 Å². The summed E-state index contributed by atoms with van der Waals surface area (Å²) in [6, 6.07) is 13.7. The zero-order chi connectivity index (χ0) is 18.9. The molecule has 5 rings (SSSR count). The highest BCUT2D eigenvalue weighted by Gasteiger charge is 2.16. The van der Waals surface area contributed by atoms with Gasteiger partial charge < -0.3 is 16.0 Å². The fraction of sp³-hybridized carbons (Fsp3) is 0.391. The molecule has 0 atom stereocenters. The first-order chi connectivity index (χ1) is 13.8. The van der Waals surface area contributed by atoms with Crippen molar-refractivity contribution in [3.8, 4) is 11.1 Å². The maximum absolute atomic E-state index is 4.80. The molecule has 0 aliphatic carbocycles. The zero-order valence-electron chi connectivity index (χ0n) is 16.4. The van der Waals surface area contributed by atoms with Gasteiger partial charge in [-0.05, 0) is 80.2 Å². The Morgan fingerprint density at radius 1 is 1.00 bits per heavy atom. The van der Waals surface area contributed by atoms with Gasteiger partial charge >= 0.3 is 0 Å². The average molecular weight is 374 g/mol. The van der Waals surface area contributed by atoms with Gasteiger partial charge in [-0.2, -0.15) is 0 Å². The second-order valence-electron chi connectivity index (χ2n) is 7.90. The van der Waals surface area contributed by atoms with E-state index >= 15 is 0 Å². The molecular formula is C23H27N5. The number of hydrogen-bond acceptors (Lipinski definition) is 5. The first-order valence-electron chi connectivity index (χ1n) is 10.4. The zero-order valence-corrected chi connectivity index (χ0v) is 16.4. The summed E-state index contributed by atoms with van der Waals surface area (Å²) in [5.74, 6) is 0.757. The van der Waals surface area contributed by atoms with E-state index in [-0.39, 0.29) is 0 Å². The van der Waals surface area contributed by atoms with Crippen LogP contribution in [0.15, 0.2) is 36.4 Å². The topological polar surface area (TPSA) is 61.9 Å². The molecule has 0 saturated carbocycles. The number of aryl methyl sites for hydroxylation is 1. The van der Waals surface area contributed by atoms with Crippen LogP contribution in [0, 0.1) is 6.92 Å². The number of nitrogens with one attached hydrogen (secondary N) is 3. The van der Waals surface area contributed by atoms with Crippen LogP contribution in [-0.2, 0) is 13.0 Å². The van der Waals surface area contributed by atoms with Gasteiger partial charge in [-0.1, -0.05) is 24.3 Å². The van der Waals surface area contributed by atoms with E-state index in [1.165, 1.54) is 22.3 Å². The molecule has 1 aromatic heterocycles. The van der Waals surface area contributed by atoms with Crippen LogP contribution >= 0.6 is 0 Å². The van der Waals surface area contributed by atoms with E-state index in [0.29, 0.717) is 6.04 Å². The molecule has 0 radical (unpaired) electrons. The second-order valence-corrected chi connectivity index (χ2v) is 7.90. The molecule has 0 amide bonds. The number of aromatic nitrogens is 2. The predicted octanol–water partition coefficient (Wildman–Crippen LogP) is 3.41. The largest absolute Gasteiger partial charge is 0.351 e. The Morgan fingerprint density at radius 2 is 1.89 bits per heavy atom. The molecule has 0 bridgehead atoms. The number of nitrogens with zero attached hydrogens (tertiary/aromatic N) is 2. The minimum Gasteiger partial charge on any atom is -0.351 e. The SMILES string of the molecule is Cc1nc(NC2CCNCC2)nc2ccc(-c3cccc4c3CCNC4)cc12. The smallest absolute Gasteiger partial charge is 0.223 e. The van der Waals surface area contributed by atoms with Gasteiger partial charge in [0.25, 0.3) is 0 Å². The van der Waals surface area contributed by atoms with Gasteiger partial charge in [0.05, 0.1) is 11.2 Å². The van der Waals surface area contributed by atoms with Crippen LogP contribution in [0.1, 0.15) is 29.7 Å². The van der Waals surface area contributed by atoms with E-state index in [1.54, 1.807) is 0 Å². The normalized spacial score (nSPS) is 17.5. The number of piperidine rings is 1. The van der Waals surface area contributed by atoms with Gasteiger partial charge in [-0.15, -0.1) is 0 Å². The second kappa shape index (κ2) is 7.49. The van der Waals surface area contributed by atoms with E-state index in [9.17, 15) is 0 Å². The van der Waals surface area contributed by atoms with Crippen LogP contribution in [0.3, 0.4) is 0 Å². The molecule has 1 saturated heterocycles. The number of rotatable bonds is 3. The van der Waals surface area contributed by atoms with Crippen molar-refractivity contribution < 1.29 is 0 Å². The molecule has 0 unspecified atom stereocenters. The van der Waals surface area contributed by atoms with E-state index in [1.807, 2.05) is 0 Å². The third kappa shape index (κ3) is 3.36. The number of hydrogen-bond donors (Lipinski definition) is 3. The lowest BCUT2D eigenvalue weighted by Crippen LogP contribution is -2.35. The lowest BCUT2D eigenvalue weighted by molar-refractivity contribution is 0.477. The third-order valence-electron chi connectivity index (χ3n) is 6.01.